The van der Waals surface area contributed by atoms with E-state index in [1.165, 1.54) is 31.2 Å². The second-order valence-electron chi connectivity index (χ2n) is 6.60. The average molecular weight is 275 g/mol. The lowest BCUT2D eigenvalue weighted by Crippen LogP contribution is -2.36. The topological polar surface area (TPSA) is 28.2 Å². The van der Waals surface area contributed by atoms with Crippen LogP contribution in [0.4, 0.5) is 5.82 Å². The van der Waals surface area contributed by atoms with Gasteiger partial charge in [-0.1, -0.05) is 39.7 Å². The van der Waals surface area contributed by atoms with Gasteiger partial charge in [-0.2, -0.15) is 0 Å². The lowest BCUT2D eigenvalue weighted by Gasteiger charge is -2.34. The molecular formula is C17H29N3. The van der Waals surface area contributed by atoms with Crippen LogP contribution in [0.1, 0.15) is 52.0 Å². The maximum atomic E-state index is 4.64. The molecule has 2 atom stereocenters. The van der Waals surface area contributed by atoms with E-state index in [1.54, 1.807) is 0 Å². The van der Waals surface area contributed by atoms with Gasteiger partial charge in [0.15, 0.2) is 0 Å². The summed E-state index contributed by atoms with van der Waals surface area (Å²) in [5.41, 5.74) is 1.26. The van der Waals surface area contributed by atoms with Crippen molar-refractivity contribution in [3.63, 3.8) is 0 Å². The van der Waals surface area contributed by atoms with Crippen molar-refractivity contribution >= 4 is 5.82 Å². The number of nitrogens with one attached hydrogen (secondary N) is 1. The van der Waals surface area contributed by atoms with Crippen LogP contribution >= 0.6 is 0 Å². The number of hydrogen-bond acceptors (Lipinski definition) is 3. The van der Waals surface area contributed by atoms with Gasteiger partial charge in [-0.15, -0.1) is 0 Å². The third-order valence-corrected chi connectivity index (χ3v) is 4.34. The molecule has 112 valence electrons. The van der Waals surface area contributed by atoms with Crippen LogP contribution in [0.3, 0.4) is 0 Å². The molecule has 0 amide bonds. The highest BCUT2D eigenvalue weighted by Gasteiger charge is 2.23. The van der Waals surface area contributed by atoms with Gasteiger partial charge in [-0.25, -0.2) is 4.98 Å². The smallest absolute Gasteiger partial charge is 0.128 e. The van der Waals surface area contributed by atoms with Crippen LogP contribution in [0.15, 0.2) is 18.3 Å². The summed E-state index contributed by atoms with van der Waals surface area (Å²) in [6, 6.07) is 5.53. The van der Waals surface area contributed by atoms with Crippen LogP contribution in [0.5, 0.6) is 0 Å². The van der Waals surface area contributed by atoms with Crippen molar-refractivity contribution in [2.75, 3.05) is 11.9 Å². The van der Waals surface area contributed by atoms with Crippen LogP contribution in [0.2, 0.25) is 0 Å². The molecule has 3 heteroatoms. The molecular weight excluding hydrogens is 246 g/mol. The van der Waals surface area contributed by atoms with E-state index in [0.717, 1.165) is 18.3 Å². The summed E-state index contributed by atoms with van der Waals surface area (Å²) in [5.74, 6) is 1.96. The number of hydrogen-bond donors (Lipinski definition) is 1. The molecule has 0 aliphatic heterocycles. The first-order valence-electron chi connectivity index (χ1n) is 7.97. The Hall–Kier alpha value is -1.09. The Bertz CT molecular complexity index is 399. The van der Waals surface area contributed by atoms with Crippen molar-refractivity contribution in [3.8, 4) is 0 Å². The van der Waals surface area contributed by atoms with E-state index >= 15 is 0 Å². The molecule has 1 aliphatic rings. The lowest BCUT2D eigenvalue weighted by atomic mass is 9.86. The first-order chi connectivity index (χ1) is 9.56. The highest BCUT2D eigenvalue weighted by atomic mass is 15.2. The summed E-state index contributed by atoms with van der Waals surface area (Å²) < 4.78 is 0. The average Bonchev–Trinajstić information content (AvgIpc) is 2.45. The fraction of sp³-hybridized carbons (Fsp3) is 0.706. The zero-order valence-corrected chi connectivity index (χ0v) is 13.4. The molecule has 1 saturated carbocycles. The van der Waals surface area contributed by atoms with E-state index in [9.17, 15) is 0 Å². The SMILES string of the molecule is CC1CCCC(N(C)c2ccc(CNC(C)C)cn2)C1. The third-order valence-electron chi connectivity index (χ3n) is 4.34. The molecule has 1 aromatic rings. The zero-order valence-electron chi connectivity index (χ0n) is 13.4. The molecule has 1 fully saturated rings. The first kappa shape index (κ1) is 15.3. The molecule has 0 saturated heterocycles. The molecule has 1 aromatic heterocycles. The molecule has 1 aliphatic carbocycles. The quantitative estimate of drug-likeness (QED) is 0.890. The second kappa shape index (κ2) is 7.07. The van der Waals surface area contributed by atoms with Crippen molar-refractivity contribution in [1.82, 2.24) is 10.3 Å². The minimum atomic E-state index is 0.515. The first-order valence-corrected chi connectivity index (χ1v) is 7.97. The van der Waals surface area contributed by atoms with E-state index in [0.29, 0.717) is 12.1 Å². The Kier molecular flexibility index (Phi) is 5.41. The van der Waals surface area contributed by atoms with Gasteiger partial charge in [-0.05, 0) is 30.4 Å². The monoisotopic (exact) mass is 275 g/mol. The fourth-order valence-corrected chi connectivity index (χ4v) is 2.99. The molecule has 2 unspecified atom stereocenters. The summed E-state index contributed by atoms with van der Waals surface area (Å²) in [5, 5.41) is 3.43. The number of aromatic nitrogens is 1. The molecule has 0 spiro atoms. The van der Waals surface area contributed by atoms with E-state index in [4.69, 9.17) is 0 Å². The van der Waals surface area contributed by atoms with Crippen molar-refractivity contribution in [2.45, 2.75) is 65.1 Å². The Morgan fingerprint density at radius 3 is 2.75 bits per heavy atom. The molecule has 0 aromatic carbocycles. The minimum absolute atomic E-state index is 0.515. The predicted octanol–water partition coefficient (Wildman–Crippen LogP) is 3.59. The van der Waals surface area contributed by atoms with Gasteiger partial charge >= 0.3 is 0 Å². The standard InChI is InChI=1S/C17H29N3/c1-13(2)18-11-15-8-9-17(19-12-15)20(4)16-7-5-6-14(3)10-16/h8-9,12-14,16,18H,5-7,10-11H2,1-4H3. The summed E-state index contributed by atoms with van der Waals surface area (Å²) >= 11 is 0. The van der Waals surface area contributed by atoms with Crippen LogP contribution in [0, 0.1) is 5.92 Å². The summed E-state index contributed by atoms with van der Waals surface area (Å²) in [7, 11) is 2.19. The number of rotatable bonds is 5. The molecule has 0 bridgehead atoms. The van der Waals surface area contributed by atoms with Crippen LogP contribution in [0.25, 0.3) is 0 Å². The molecule has 2 rings (SSSR count). The van der Waals surface area contributed by atoms with E-state index in [2.05, 4.69) is 55.2 Å². The minimum Gasteiger partial charge on any atom is -0.357 e. The number of nitrogens with zero attached hydrogens (tertiary/aromatic N) is 2. The normalized spacial score (nSPS) is 23.1. The molecule has 0 radical (unpaired) electrons. The molecule has 1 N–H and O–H groups in total. The summed E-state index contributed by atoms with van der Waals surface area (Å²) in [4.78, 5) is 7.01. The van der Waals surface area contributed by atoms with Crippen LogP contribution < -0.4 is 10.2 Å². The third kappa shape index (κ3) is 4.20. The van der Waals surface area contributed by atoms with E-state index < -0.39 is 0 Å². The van der Waals surface area contributed by atoms with Gasteiger partial charge in [0, 0.05) is 31.9 Å². The Balaban J connectivity index is 1.94. The summed E-state index contributed by atoms with van der Waals surface area (Å²) in [6.07, 6.45) is 7.35. The maximum Gasteiger partial charge on any atom is 0.128 e. The molecule has 3 nitrogen and oxygen atoms in total. The van der Waals surface area contributed by atoms with Gasteiger partial charge in [0.1, 0.15) is 5.82 Å². The second-order valence-corrected chi connectivity index (χ2v) is 6.60. The Morgan fingerprint density at radius 1 is 1.35 bits per heavy atom. The van der Waals surface area contributed by atoms with Crippen molar-refractivity contribution in [3.05, 3.63) is 23.9 Å². The van der Waals surface area contributed by atoms with Crippen molar-refractivity contribution < 1.29 is 0 Å². The van der Waals surface area contributed by atoms with Gasteiger partial charge in [-0.3, -0.25) is 0 Å². The van der Waals surface area contributed by atoms with E-state index in [-0.39, 0.29) is 0 Å². The Morgan fingerprint density at radius 2 is 2.15 bits per heavy atom. The van der Waals surface area contributed by atoms with Crippen molar-refractivity contribution in [1.29, 1.82) is 0 Å². The van der Waals surface area contributed by atoms with Crippen molar-refractivity contribution in [2.24, 2.45) is 5.92 Å². The Labute approximate surface area is 123 Å². The highest BCUT2D eigenvalue weighted by Crippen LogP contribution is 2.28. The van der Waals surface area contributed by atoms with E-state index in [1.807, 2.05) is 6.20 Å². The maximum absolute atomic E-state index is 4.64. The molecule has 20 heavy (non-hydrogen) atoms. The largest absolute Gasteiger partial charge is 0.357 e. The van der Waals surface area contributed by atoms with Gasteiger partial charge < -0.3 is 10.2 Å². The van der Waals surface area contributed by atoms with Gasteiger partial charge in [0.2, 0.25) is 0 Å². The molecule has 1 heterocycles. The van der Waals surface area contributed by atoms with Crippen LogP contribution in [-0.4, -0.2) is 24.1 Å². The predicted molar refractivity (Wildman–Crippen MR) is 86.0 cm³/mol. The summed E-state index contributed by atoms with van der Waals surface area (Å²) in [6.45, 7) is 7.60. The fourth-order valence-electron chi connectivity index (χ4n) is 2.99. The lowest BCUT2D eigenvalue weighted by molar-refractivity contribution is 0.335. The van der Waals surface area contributed by atoms with Gasteiger partial charge in [0.25, 0.3) is 0 Å². The van der Waals surface area contributed by atoms with Gasteiger partial charge in [0.05, 0.1) is 0 Å². The zero-order chi connectivity index (χ0) is 14.5. The number of pyridine rings is 1. The number of anilines is 1. The highest BCUT2D eigenvalue weighted by molar-refractivity contribution is 5.39. The van der Waals surface area contributed by atoms with Crippen LogP contribution in [-0.2, 0) is 6.54 Å².